The summed E-state index contributed by atoms with van der Waals surface area (Å²) >= 11 is 0. The van der Waals surface area contributed by atoms with Gasteiger partial charge < -0.3 is 9.73 Å². The third-order valence-electron chi connectivity index (χ3n) is 2.33. The van der Waals surface area contributed by atoms with Crippen LogP contribution in [0.15, 0.2) is 4.42 Å². The lowest BCUT2D eigenvalue weighted by atomic mass is 9.98. The first-order chi connectivity index (χ1) is 6.77. The second-order valence-electron chi connectivity index (χ2n) is 3.30. The van der Waals surface area contributed by atoms with E-state index in [1.807, 2.05) is 0 Å². The molecule has 0 amide bonds. The van der Waals surface area contributed by atoms with Crippen molar-refractivity contribution >= 4 is 0 Å². The SMILES string of the molecule is FC(F)c1nnc(C2CCNCC2)o1. The number of rotatable bonds is 2. The van der Waals surface area contributed by atoms with Crippen LogP contribution in [0.3, 0.4) is 0 Å². The first kappa shape index (κ1) is 9.51. The zero-order valence-electron chi connectivity index (χ0n) is 7.54. The van der Waals surface area contributed by atoms with E-state index in [0.717, 1.165) is 25.9 Å². The molecule has 0 unspecified atom stereocenters. The maximum atomic E-state index is 12.1. The van der Waals surface area contributed by atoms with E-state index in [-0.39, 0.29) is 5.92 Å². The highest BCUT2D eigenvalue weighted by Gasteiger charge is 2.23. The van der Waals surface area contributed by atoms with E-state index >= 15 is 0 Å². The molecular weight excluding hydrogens is 192 g/mol. The van der Waals surface area contributed by atoms with Crippen LogP contribution in [0.4, 0.5) is 8.78 Å². The van der Waals surface area contributed by atoms with Crippen LogP contribution in [0.2, 0.25) is 0 Å². The number of halogens is 2. The van der Waals surface area contributed by atoms with Gasteiger partial charge in [0.2, 0.25) is 5.89 Å². The van der Waals surface area contributed by atoms with E-state index in [9.17, 15) is 8.78 Å². The van der Waals surface area contributed by atoms with Gasteiger partial charge in [-0.25, -0.2) is 0 Å². The van der Waals surface area contributed by atoms with E-state index in [4.69, 9.17) is 4.42 Å². The van der Waals surface area contributed by atoms with Crippen molar-refractivity contribution in [1.82, 2.24) is 15.5 Å². The Hall–Kier alpha value is -1.04. The van der Waals surface area contributed by atoms with Crippen molar-refractivity contribution in [3.63, 3.8) is 0 Å². The van der Waals surface area contributed by atoms with E-state index in [0.29, 0.717) is 5.89 Å². The lowest BCUT2D eigenvalue weighted by molar-refractivity contribution is 0.112. The van der Waals surface area contributed by atoms with Crippen molar-refractivity contribution < 1.29 is 13.2 Å². The van der Waals surface area contributed by atoms with Crippen LogP contribution in [0, 0.1) is 0 Å². The molecule has 1 aromatic rings. The normalized spacial score (nSPS) is 19.1. The fraction of sp³-hybridized carbons (Fsp3) is 0.750. The zero-order chi connectivity index (χ0) is 9.97. The van der Waals surface area contributed by atoms with Crippen LogP contribution in [0.5, 0.6) is 0 Å². The molecule has 0 aliphatic carbocycles. The third-order valence-corrected chi connectivity index (χ3v) is 2.33. The number of aromatic nitrogens is 2. The van der Waals surface area contributed by atoms with Crippen molar-refractivity contribution in [2.45, 2.75) is 25.2 Å². The summed E-state index contributed by atoms with van der Waals surface area (Å²) in [6.07, 6.45) is -0.937. The summed E-state index contributed by atoms with van der Waals surface area (Å²) in [7, 11) is 0. The minimum Gasteiger partial charge on any atom is -0.419 e. The molecule has 1 aliphatic rings. The molecule has 1 aromatic heterocycles. The first-order valence-corrected chi connectivity index (χ1v) is 4.59. The molecule has 1 fully saturated rings. The number of alkyl halides is 2. The summed E-state index contributed by atoms with van der Waals surface area (Å²) in [5.41, 5.74) is 0. The minimum absolute atomic E-state index is 0.135. The van der Waals surface area contributed by atoms with Gasteiger partial charge in [-0.05, 0) is 25.9 Å². The van der Waals surface area contributed by atoms with Gasteiger partial charge in [-0.15, -0.1) is 10.2 Å². The Morgan fingerprint density at radius 2 is 2.00 bits per heavy atom. The highest BCUT2D eigenvalue weighted by Crippen LogP contribution is 2.26. The predicted molar refractivity (Wildman–Crippen MR) is 44.1 cm³/mol. The van der Waals surface area contributed by atoms with Crippen LogP contribution in [0.25, 0.3) is 0 Å². The van der Waals surface area contributed by atoms with Gasteiger partial charge >= 0.3 is 6.43 Å². The summed E-state index contributed by atoms with van der Waals surface area (Å²) in [6.45, 7) is 1.74. The topological polar surface area (TPSA) is 51.0 Å². The molecule has 0 radical (unpaired) electrons. The van der Waals surface area contributed by atoms with Gasteiger partial charge in [0.15, 0.2) is 0 Å². The van der Waals surface area contributed by atoms with Crippen LogP contribution in [-0.4, -0.2) is 23.3 Å². The standard InChI is InChI=1S/C8H11F2N3O/c9-6(10)8-13-12-7(14-8)5-1-3-11-4-2-5/h5-6,11H,1-4H2. The van der Waals surface area contributed by atoms with Gasteiger partial charge in [0.05, 0.1) is 0 Å². The molecule has 14 heavy (non-hydrogen) atoms. The first-order valence-electron chi connectivity index (χ1n) is 4.59. The van der Waals surface area contributed by atoms with E-state index in [1.54, 1.807) is 0 Å². The van der Waals surface area contributed by atoms with Crippen molar-refractivity contribution in [3.05, 3.63) is 11.8 Å². The lowest BCUT2D eigenvalue weighted by Crippen LogP contribution is -2.26. The molecule has 1 saturated heterocycles. The highest BCUT2D eigenvalue weighted by molar-refractivity contribution is 4.94. The summed E-state index contributed by atoms with van der Waals surface area (Å²) in [5.74, 6) is -0.0865. The zero-order valence-corrected chi connectivity index (χ0v) is 7.54. The van der Waals surface area contributed by atoms with Crippen LogP contribution < -0.4 is 5.32 Å². The van der Waals surface area contributed by atoms with E-state index in [2.05, 4.69) is 15.5 Å². The van der Waals surface area contributed by atoms with Crippen molar-refractivity contribution in [1.29, 1.82) is 0 Å². The molecule has 2 rings (SSSR count). The summed E-state index contributed by atoms with van der Waals surface area (Å²) < 4.78 is 29.2. The largest absolute Gasteiger partial charge is 0.419 e. The molecule has 0 spiro atoms. The molecule has 4 nitrogen and oxygen atoms in total. The number of hydrogen-bond donors (Lipinski definition) is 1. The highest BCUT2D eigenvalue weighted by atomic mass is 19.3. The fourth-order valence-corrected chi connectivity index (χ4v) is 1.57. The Labute approximate surface area is 79.7 Å². The van der Waals surface area contributed by atoms with Gasteiger partial charge in [0, 0.05) is 5.92 Å². The van der Waals surface area contributed by atoms with Crippen molar-refractivity contribution in [2.24, 2.45) is 0 Å². The van der Waals surface area contributed by atoms with Gasteiger partial charge in [0.25, 0.3) is 5.89 Å². The van der Waals surface area contributed by atoms with Crippen LogP contribution in [-0.2, 0) is 0 Å². The molecule has 0 aromatic carbocycles. The average Bonchev–Trinajstić information content (AvgIpc) is 2.68. The number of nitrogens with zero attached hydrogens (tertiary/aromatic N) is 2. The Kier molecular flexibility index (Phi) is 2.72. The number of nitrogens with one attached hydrogen (secondary N) is 1. The Bertz CT molecular complexity index is 297. The maximum absolute atomic E-state index is 12.1. The predicted octanol–water partition coefficient (Wildman–Crippen LogP) is 1.47. The monoisotopic (exact) mass is 203 g/mol. The Morgan fingerprint density at radius 3 is 2.57 bits per heavy atom. The molecular formula is C8H11F2N3O. The van der Waals surface area contributed by atoms with Crippen molar-refractivity contribution in [2.75, 3.05) is 13.1 Å². The molecule has 0 saturated carbocycles. The lowest BCUT2D eigenvalue weighted by Gasteiger charge is -2.18. The van der Waals surface area contributed by atoms with Gasteiger partial charge in [0.1, 0.15) is 0 Å². The third kappa shape index (κ3) is 1.89. The van der Waals surface area contributed by atoms with E-state index < -0.39 is 12.3 Å². The quantitative estimate of drug-likeness (QED) is 0.790. The number of hydrogen-bond acceptors (Lipinski definition) is 4. The van der Waals surface area contributed by atoms with Gasteiger partial charge in [-0.1, -0.05) is 0 Å². The van der Waals surface area contributed by atoms with Crippen molar-refractivity contribution in [3.8, 4) is 0 Å². The Morgan fingerprint density at radius 1 is 1.29 bits per heavy atom. The molecule has 0 atom stereocenters. The summed E-state index contributed by atoms with van der Waals surface area (Å²) in [6, 6.07) is 0. The maximum Gasteiger partial charge on any atom is 0.314 e. The summed E-state index contributed by atoms with van der Waals surface area (Å²) in [5, 5.41) is 10.1. The summed E-state index contributed by atoms with van der Waals surface area (Å²) in [4.78, 5) is 0. The second-order valence-corrected chi connectivity index (χ2v) is 3.30. The number of piperidine rings is 1. The van der Waals surface area contributed by atoms with Crippen LogP contribution >= 0.6 is 0 Å². The second kappa shape index (κ2) is 4.00. The Balaban J connectivity index is 2.07. The molecule has 0 bridgehead atoms. The molecule has 6 heteroatoms. The van der Waals surface area contributed by atoms with Gasteiger partial charge in [-0.3, -0.25) is 0 Å². The van der Waals surface area contributed by atoms with E-state index in [1.165, 1.54) is 0 Å². The molecule has 1 aliphatic heterocycles. The van der Waals surface area contributed by atoms with Gasteiger partial charge in [-0.2, -0.15) is 8.78 Å². The molecule has 78 valence electrons. The molecule has 2 heterocycles. The fourth-order valence-electron chi connectivity index (χ4n) is 1.57. The minimum atomic E-state index is -2.67. The van der Waals surface area contributed by atoms with Crippen LogP contribution in [0.1, 0.15) is 37.0 Å². The smallest absolute Gasteiger partial charge is 0.314 e. The average molecular weight is 203 g/mol. The molecule has 1 N–H and O–H groups in total.